The SMILES string of the molecule is CC(C)(C)N1C[C@@H]2CC1CN2C(C)(C)C. The first-order valence-corrected chi connectivity index (χ1v) is 6.23. The van der Waals surface area contributed by atoms with Crippen molar-refractivity contribution < 1.29 is 0 Å². The molecular formula is C13H26N2. The summed E-state index contributed by atoms with van der Waals surface area (Å²) in [7, 11) is 0. The molecule has 2 heterocycles. The molecule has 0 spiro atoms. The van der Waals surface area contributed by atoms with Gasteiger partial charge in [-0.05, 0) is 48.0 Å². The van der Waals surface area contributed by atoms with Crippen LogP contribution in [0.1, 0.15) is 48.0 Å². The van der Waals surface area contributed by atoms with Gasteiger partial charge in [-0.1, -0.05) is 0 Å². The van der Waals surface area contributed by atoms with Gasteiger partial charge in [0, 0.05) is 36.3 Å². The van der Waals surface area contributed by atoms with E-state index in [1.165, 1.54) is 19.5 Å². The van der Waals surface area contributed by atoms with Gasteiger partial charge in [0.25, 0.3) is 0 Å². The molecule has 0 N–H and O–H groups in total. The third kappa shape index (κ3) is 1.94. The fourth-order valence-electron chi connectivity index (χ4n) is 3.31. The number of piperazine rings is 1. The van der Waals surface area contributed by atoms with Crippen LogP contribution in [0.5, 0.6) is 0 Å². The third-order valence-electron chi connectivity index (χ3n) is 3.96. The van der Waals surface area contributed by atoms with E-state index in [0.29, 0.717) is 11.1 Å². The van der Waals surface area contributed by atoms with Crippen molar-refractivity contribution in [2.75, 3.05) is 13.1 Å². The van der Waals surface area contributed by atoms with Gasteiger partial charge in [-0.2, -0.15) is 0 Å². The molecule has 1 unspecified atom stereocenters. The Bertz CT molecular complexity index is 220. The third-order valence-corrected chi connectivity index (χ3v) is 3.96. The lowest BCUT2D eigenvalue weighted by Gasteiger charge is -2.46. The molecule has 2 bridgehead atoms. The Morgan fingerprint density at radius 1 is 0.733 bits per heavy atom. The van der Waals surface area contributed by atoms with E-state index in [1.807, 2.05) is 0 Å². The van der Waals surface area contributed by atoms with Crippen LogP contribution in [0.15, 0.2) is 0 Å². The fourth-order valence-corrected chi connectivity index (χ4v) is 3.31. The predicted octanol–water partition coefficient (Wildman–Crippen LogP) is 2.34. The molecule has 2 aliphatic heterocycles. The van der Waals surface area contributed by atoms with E-state index in [-0.39, 0.29) is 0 Å². The number of hydrogen-bond donors (Lipinski definition) is 0. The molecule has 2 aliphatic rings. The number of fused-ring (bicyclic) bond motifs is 2. The molecule has 0 radical (unpaired) electrons. The van der Waals surface area contributed by atoms with E-state index in [2.05, 4.69) is 51.3 Å². The first-order chi connectivity index (χ1) is 6.69. The molecule has 0 aromatic heterocycles. The quantitative estimate of drug-likeness (QED) is 0.605. The normalized spacial score (nSPS) is 34.0. The van der Waals surface area contributed by atoms with Crippen molar-refractivity contribution in [3.63, 3.8) is 0 Å². The molecule has 15 heavy (non-hydrogen) atoms. The van der Waals surface area contributed by atoms with E-state index >= 15 is 0 Å². The second-order valence-electron chi connectivity index (χ2n) is 7.19. The second-order valence-corrected chi connectivity index (χ2v) is 7.19. The van der Waals surface area contributed by atoms with Crippen LogP contribution in [0, 0.1) is 0 Å². The van der Waals surface area contributed by atoms with Gasteiger partial charge in [0.2, 0.25) is 0 Å². The molecule has 2 atom stereocenters. The van der Waals surface area contributed by atoms with E-state index in [1.54, 1.807) is 0 Å². The topological polar surface area (TPSA) is 6.48 Å². The highest BCUT2D eigenvalue weighted by atomic mass is 15.4. The molecule has 0 saturated carbocycles. The maximum atomic E-state index is 2.69. The standard InChI is InChI=1S/C13H26N2/c1-12(2,3)14-8-11-7-10(14)9-15(11)13(4,5)6/h10-11H,7-9H2,1-6H3/t10-,11?/m0/s1. The van der Waals surface area contributed by atoms with Gasteiger partial charge in [0.15, 0.2) is 0 Å². The summed E-state index contributed by atoms with van der Waals surface area (Å²) in [6.07, 6.45) is 1.38. The Morgan fingerprint density at radius 2 is 1.07 bits per heavy atom. The Hall–Kier alpha value is -0.0800. The van der Waals surface area contributed by atoms with Crippen LogP contribution in [0.25, 0.3) is 0 Å². The van der Waals surface area contributed by atoms with Crippen LogP contribution in [-0.2, 0) is 0 Å². The molecule has 2 fully saturated rings. The molecule has 0 aliphatic carbocycles. The van der Waals surface area contributed by atoms with E-state index in [9.17, 15) is 0 Å². The lowest BCUT2D eigenvalue weighted by Crippen LogP contribution is -2.57. The lowest BCUT2D eigenvalue weighted by molar-refractivity contribution is 0.0179. The van der Waals surface area contributed by atoms with Crippen molar-refractivity contribution in [2.45, 2.75) is 71.1 Å². The van der Waals surface area contributed by atoms with Crippen molar-refractivity contribution in [1.82, 2.24) is 9.80 Å². The van der Waals surface area contributed by atoms with E-state index < -0.39 is 0 Å². The van der Waals surface area contributed by atoms with Crippen molar-refractivity contribution in [3.8, 4) is 0 Å². The maximum Gasteiger partial charge on any atom is 0.0244 e. The van der Waals surface area contributed by atoms with Crippen LogP contribution in [0.3, 0.4) is 0 Å². The number of nitrogens with zero attached hydrogens (tertiary/aromatic N) is 2. The maximum absolute atomic E-state index is 2.69. The Morgan fingerprint density at radius 3 is 1.27 bits per heavy atom. The minimum atomic E-state index is 0.351. The van der Waals surface area contributed by atoms with Crippen LogP contribution in [-0.4, -0.2) is 46.1 Å². The zero-order valence-corrected chi connectivity index (χ0v) is 11.2. The number of hydrogen-bond acceptors (Lipinski definition) is 2. The summed E-state index contributed by atoms with van der Waals surface area (Å²) in [6, 6.07) is 1.60. The molecule has 2 saturated heterocycles. The van der Waals surface area contributed by atoms with Crippen molar-refractivity contribution in [3.05, 3.63) is 0 Å². The van der Waals surface area contributed by atoms with Gasteiger partial charge in [-0.15, -0.1) is 0 Å². The monoisotopic (exact) mass is 210 g/mol. The Labute approximate surface area is 94.6 Å². The summed E-state index contributed by atoms with van der Waals surface area (Å²) >= 11 is 0. The van der Waals surface area contributed by atoms with Crippen LogP contribution >= 0.6 is 0 Å². The van der Waals surface area contributed by atoms with Gasteiger partial charge in [-0.3, -0.25) is 9.80 Å². The number of likely N-dealkylation sites (tertiary alicyclic amines) is 2. The smallest absolute Gasteiger partial charge is 0.0244 e. The van der Waals surface area contributed by atoms with E-state index in [0.717, 1.165) is 12.1 Å². The highest BCUT2D eigenvalue weighted by Gasteiger charge is 2.49. The van der Waals surface area contributed by atoms with E-state index in [4.69, 9.17) is 0 Å². The second kappa shape index (κ2) is 3.21. The highest BCUT2D eigenvalue weighted by Crippen LogP contribution is 2.38. The highest BCUT2D eigenvalue weighted by molar-refractivity contribution is 5.05. The molecule has 2 rings (SSSR count). The Balaban J connectivity index is 2.07. The zero-order chi connectivity index (χ0) is 11.4. The largest absolute Gasteiger partial charge is 0.293 e. The molecule has 0 amide bonds. The molecule has 2 nitrogen and oxygen atoms in total. The Kier molecular flexibility index (Phi) is 2.44. The van der Waals surface area contributed by atoms with Crippen molar-refractivity contribution in [1.29, 1.82) is 0 Å². The first-order valence-electron chi connectivity index (χ1n) is 6.23. The minimum Gasteiger partial charge on any atom is -0.293 e. The van der Waals surface area contributed by atoms with Crippen molar-refractivity contribution >= 4 is 0 Å². The summed E-state index contributed by atoms with van der Waals surface area (Å²) in [5.74, 6) is 0. The molecule has 2 heteroatoms. The summed E-state index contributed by atoms with van der Waals surface area (Å²) < 4.78 is 0. The zero-order valence-electron chi connectivity index (χ0n) is 11.2. The first kappa shape index (κ1) is 11.4. The van der Waals surface area contributed by atoms with Gasteiger partial charge in [-0.25, -0.2) is 0 Å². The molecular weight excluding hydrogens is 184 g/mol. The van der Waals surface area contributed by atoms with Gasteiger partial charge in [0.1, 0.15) is 0 Å². The fraction of sp³-hybridized carbons (Fsp3) is 1.00. The van der Waals surface area contributed by atoms with Crippen LogP contribution < -0.4 is 0 Å². The van der Waals surface area contributed by atoms with Gasteiger partial charge in [0.05, 0.1) is 0 Å². The molecule has 0 aromatic carbocycles. The number of rotatable bonds is 0. The van der Waals surface area contributed by atoms with Crippen LogP contribution in [0.4, 0.5) is 0 Å². The predicted molar refractivity (Wildman–Crippen MR) is 65.1 cm³/mol. The summed E-state index contributed by atoms with van der Waals surface area (Å²) in [4.78, 5) is 5.39. The van der Waals surface area contributed by atoms with Crippen molar-refractivity contribution in [2.24, 2.45) is 0 Å². The molecule has 0 aromatic rings. The average molecular weight is 210 g/mol. The minimum absolute atomic E-state index is 0.351. The summed E-state index contributed by atoms with van der Waals surface area (Å²) in [6.45, 7) is 16.6. The average Bonchev–Trinajstić information content (AvgIpc) is 2.57. The summed E-state index contributed by atoms with van der Waals surface area (Å²) in [5, 5.41) is 0. The van der Waals surface area contributed by atoms with Crippen LogP contribution in [0.2, 0.25) is 0 Å². The van der Waals surface area contributed by atoms with Gasteiger partial charge < -0.3 is 0 Å². The van der Waals surface area contributed by atoms with Gasteiger partial charge >= 0.3 is 0 Å². The molecule has 88 valence electrons. The lowest BCUT2D eigenvalue weighted by atomic mass is 10.0. The summed E-state index contributed by atoms with van der Waals surface area (Å²) in [5.41, 5.74) is 0.701.